The van der Waals surface area contributed by atoms with E-state index in [-0.39, 0.29) is 0 Å². The highest BCUT2D eigenvalue weighted by atomic mass is 79.9. The van der Waals surface area contributed by atoms with E-state index in [0.29, 0.717) is 10.2 Å². The van der Waals surface area contributed by atoms with E-state index < -0.39 is 74.6 Å². The van der Waals surface area contributed by atoms with Crippen LogP contribution in [0.2, 0.25) is 0 Å². The molecule has 2 fully saturated rings. The van der Waals surface area contributed by atoms with Crippen molar-refractivity contribution in [3.8, 4) is 5.75 Å². The summed E-state index contributed by atoms with van der Waals surface area (Å²) in [5, 5.41) is 69.6. The van der Waals surface area contributed by atoms with Crippen LogP contribution in [0.3, 0.4) is 0 Å². The maximum absolute atomic E-state index is 10.3. The van der Waals surface area contributed by atoms with Crippen LogP contribution in [0.25, 0.3) is 0 Å². The molecule has 0 amide bonds. The standard InChI is InChI=1S/C18H24Br2O11/c19-6-1-2-8(7(20)3-6)29-18-16(27)14(25)12(23)10(31-18)5-28-17-15(26)13(24)11(22)9(4-21)30-17/h1-3,9-18,21-27H,4-5H2. The summed E-state index contributed by atoms with van der Waals surface area (Å²) < 4.78 is 23.1. The van der Waals surface area contributed by atoms with Gasteiger partial charge in [-0.1, -0.05) is 15.9 Å². The number of ether oxygens (including phenoxy) is 4. The van der Waals surface area contributed by atoms with E-state index in [4.69, 9.17) is 18.9 Å². The van der Waals surface area contributed by atoms with Crippen molar-refractivity contribution < 1.29 is 54.7 Å². The summed E-state index contributed by atoms with van der Waals surface area (Å²) in [6, 6.07) is 5.00. The summed E-state index contributed by atoms with van der Waals surface area (Å²) in [7, 11) is 0. The van der Waals surface area contributed by atoms with Crippen molar-refractivity contribution in [1.29, 1.82) is 0 Å². The van der Waals surface area contributed by atoms with E-state index in [1.807, 2.05) is 0 Å². The Hall–Kier alpha value is -0.420. The average molecular weight is 576 g/mol. The van der Waals surface area contributed by atoms with Crippen molar-refractivity contribution in [2.45, 2.75) is 61.4 Å². The predicted molar refractivity (Wildman–Crippen MR) is 109 cm³/mol. The Kier molecular flexibility index (Phi) is 8.68. The molecule has 13 heteroatoms. The fourth-order valence-electron chi connectivity index (χ4n) is 3.24. The van der Waals surface area contributed by atoms with Gasteiger partial charge >= 0.3 is 0 Å². The molecule has 3 rings (SSSR count). The second-order valence-corrected chi connectivity index (χ2v) is 9.01. The van der Waals surface area contributed by atoms with E-state index in [1.54, 1.807) is 18.2 Å². The van der Waals surface area contributed by atoms with Crippen LogP contribution < -0.4 is 4.74 Å². The summed E-state index contributed by atoms with van der Waals surface area (Å²) in [4.78, 5) is 0. The molecule has 2 aliphatic heterocycles. The lowest BCUT2D eigenvalue weighted by atomic mass is 9.98. The van der Waals surface area contributed by atoms with E-state index in [2.05, 4.69) is 31.9 Å². The Balaban J connectivity index is 1.66. The quantitative estimate of drug-likeness (QED) is 0.204. The molecule has 1 aromatic rings. The first-order valence-corrected chi connectivity index (χ1v) is 11.0. The summed E-state index contributed by atoms with van der Waals surface area (Å²) >= 11 is 6.61. The van der Waals surface area contributed by atoms with Crippen molar-refractivity contribution in [2.75, 3.05) is 13.2 Å². The van der Waals surface area contributed by atoms with Crippen LogP contribution in [0.4, 0.5) is 0 Å². The lowest BCUT2D eigenvalue weighted by Crippen LogP contribution is -2.62. The first-order chi connectivity index (χ1) is 14.6. The van der Waals surface area contributed by atoms with Crippen LogP contribution in [-0.4, -0.2) is 110 Å². The maximum atomic E-state index is 10.3. The molecule has 2 aliphatic rings. The molecule has 176 valence electrons. The summed E-state index contributed by atoms with van der Waals surface area (Å²) in [6.07, 6.45) is -14.8. The van der Waals surface area contributed by atoms with Gasteiger partial charge in [-0.25, -0.2) is 0 Å². The van der Waals surface area contributed by atoms with Crippen LogP contribution in [0.15, 0.2) is 27.1 Å². The van der Waals surface area contributed by atoms with E-state index in [0.717, 1.165) is 4.47 Å². The van der Waals surface area contributed by atoms with Gasteiger partial charge in [0.1, 0.15) is 54.6 Å². The van der Waals surface area contributed by atoms with Crippen molar-refractivity contribution in [3.05, 3.63) is 27.1 Å². The molecule has 0 saturated carbocycles. The van der Waals surface area contributed by atoms with Gasteiger partial charge in [-0.3, -0.25) is 0 Å². The monoisotopic (exact) mass is 574 g/mol. The van der Waals surface area contributed by atoms with Gasteiger partial charge < -0.3 is 54.7 Å². The van der Waals surface area contributed by atoms with Crippen LogP contribution in [-0.2, 0) is 14.2 Å². The molecular formula is C18H24Br2O11. The number of halogens is 2. The highest BCUT2D eigenvalue weighted by molar-refractivity contribution is 9.11. The molecule has 0 radical (unpaired) electrons. The highest BCUT2D eigenvalue weighted by Gasteiger charge is 2.47. The molecule has 10 atom stereocenters. The Labute approximate surface area is 194 Å². The fourth-order valence-corrected chi connectivity index (χ4v) is 4.38. The molecule has 2 saturated heterocycles. The van der Waals surface area contributed by atoms with Gasteiger partial charge in [-0.15, -0.1) is 0 Å². The topological polar surface area (TPSA) is 179 Å². The predicted octanol–water partition coefficient (Wildman–Crippen LogP) is -1.79. The largest absolute Gasteiger partial charge is 0.461 e. The normalized spacial score (nSPS) is 41.2. The Morgan fingerprint density at radius 2 is 1.35 bits per heavy atom. The third-order valence-corrected chi connectivity index (χ3v) is 6.19. The summed E-state index contributed by atoms with van der Waals surface area (Å²) in [6.45, 7) is -1.06. The lowest BCUT2D eigenvalue weighted by molar-refractivity contribution is -0.323. The number of aliphatic hydroxyl groups is 7. The molecule has 7 N–H and O–H groups in total. The van der Waals surface area contributed by atoms with Crippen molar-refractivity contribution in [1.82, 2.24) is 0 Å². The summed E-state index contributed by atoms with van der Waals surface area (Å²) in [5.74, 6) is 0.310. The average Bonchev–Trinajstić information content (AvgIpc) is 2.74. The molecule has 2 heterocycles. The Bertz CT molecular complexity index is 738. The van der Waals surface area contributed by atoms with Crippen LogP contribution >= 0.6 is 31.9 Å². The summed E-state index contributed by atoms with van der Waals surface area (Å²) in [5.41, 5.74) is 0. The van der Waals surface area contributed by atoms with Gasteiger partial charge in [0.2, 0.25) is 6.29 Å². The van der Waals surface area contributed by atoms with Gasteiger partial charge in [0.15, 0.2) is 6.29 Å². The minimum absolute atomic E-state index is 0.310. The zero-order valence-electron chi connectivity index (χ0n) is 15.9. The SMILES string of the molecule is OCC1OC(OCC2OC(Oc3ccc(Br)cc3Br)C(O)C(O)C2O)C(O)C(O)C1O. The van der Waals surface area contributed by atoms with Gasteiger partial charge in [-0.2, -0.15) is 0 Å². The molecule has 0 bridgehead atoms. The maximum Gasteiger partial charge on any atom is 0.229 e. The lowest BCUT2D eigenvalue weighted by Gasteiger charge is -2.42. The molecule has 0 spiro atoms. The molecule has 31 heavy (non-hydrogen) atoms. The molecule has 11 nitrogen and oxygen atoms in total. The van der Waals surface area contributed by atoms with Gasteiger partial charge in [-0.05, 0) is 34.1 Å². The van der Waals surface area contributed by atoms with Crippen molar-refractivity contribution in [3.63, 3.8) is 0 Å². The van der Waals surface area contributed by atoms with Gasteiger partial charge in [0.05, 0.1) is 17.7 Å². The van der Waals surface area contributed by atoms with Crippen molar-refractivity contribution >= 4 is 31.9 Å². The van der Waals surface area contributed by atoms with E-state index in [9.17, 15) is 35.7 Å². The molecule has 0 aromatic heterocycles. The molecular weight excluding hydrogens is 552 g/mol. The minimum Gasteiger partial charge on any atom is -0.461 e. The Morgan fingerprint density at radius 3 is 1.97 bits per heavy atom. The first-order valence-electron chi connectivity index (χ1n) is 9.37. The third kappa shape index (κ3) is 5.57. The fraction of sp³-hybridized carbons (Fsp3) is 0.667. The highest BCUT2D eigenvalue weighted by Crippen LogP contribution is 2.32. The number of hydrogen-bond donors (Lipinski definition) is 7. The van der Waals surface area contributed by atoms with Gasteiger partial charge in [0.25, 0.3) is 0 Å². The van der Waals surface area contributed by atoms with Crippen molar-refractivity contribution in [2.24, 2.45) is 0 Å². The number of rotatable bonds is 6. The number of hydrogen-bond acceptors (Lipinski definition) is 11. The second-order valence-electron chi connectivity index (χ2n) is 7.24. The van der Waals surface area contributed by atoms with Crippen LogP contribution in [0.5, 0.6) is 5.75 Å². The van der Waals surface area contributed by atoms with Crippen LogP contribution in [0, 0.1) is 0 Å². The number of aliphatic hydroxyl groups excluding tert-OH is 7. The number of benzene rings is 1. The second kappa shape index (κ2) is 10.7. The van der Waals surface area contributed by atoms with E-state index >= 15 is 0 Å². The van der Waals surface area contributed by atoms with E-state index in [1.165, 1.54) is 0 Å². The Morgan fingerprint density at radius 1 is 0.774 bits per heavy atom. The zero-order chi connectivity index (χ0) is 22.9. The molecule has 0 aliphatic carbocycles. The minimum atomic E-state index is -1.64. The zero-order valence-corrected chi connectivity index (χ0v) is 19.1. The molecule has 10 unspecified atom stereocenters. The van der Waals surface area contributed by atoms with Crippen LogP contribution in [0.1, 0.15) is 0 Å². The molecule has 1 aromatic carbocycles. The first kappa shape index (κ1) is 25.2. The smallest absolute Gasteiger partial charge is 0.229 e. The third-order valence-electron chi connectivity index (χ3n) is 5.08. The van der Waals surface area contributed by atoms with Gasteiger partial charge in [0, 0.05) is 4.47 Å².